The Balaban J connectivity index is 3.84. The van der Waals surface area contributed by atoms with Crippen LogP contribution in [0.15, 0.2) is 0 Å². The summed E-state index contributed by atoms with van der Waals surface area (Å²) < 4.78 is 11.5. The van der Waals surface area contributed by atoms with Crippen LogP contribution in [-0.2, 0) is 9.31 Å². The second kappa shape index (κ2) is 8.17. The first-order chi connectivity index (χ1) is 6.91. The summed E-state index contributed by atoms with van der Waals surface area (Å²) in [7, 11) is -0.0187. The van der Waals surface area contributed by atoms with Gasteiger partial charge in [0.2, 0.25) is 0 Å². The van der Waals surface area contributed by atoms with Crippen LogP contribution in [0.1, 0.15) is 41.5 Å². The maximum atomic E-state index is 5.74. The zero-order chi connectivity index (χ0) is 11.8. The van der Waals surface area contributed by atoms with E-state index in [-0.39, 0.29) is 7.12 Å². The predicted molar refractivity (Wildman–Crippen MR) is 67.0 cm³/mol. The van der Waals surface area contributed by atoms with Crippen LogP contribution < -0.4 is 0 Å². The van der Waals surface area contributed by atoms with Gasteiger partial charge in [-0.15, -0.1) is 0 Å². The Hall–Kier alpha value is -0.0151. The van der Waals surface area contributed by atoms with E-state index in [1.54, 1.807) is 0 Å². The van der Waals surface area contributed by atoms with Gasteiger partial charge >= 0.3 is 7.12 Å². The molecule has 0 atom stereocenters. The van der Waals surface area contributed by atoms with Gasteiger partial charge in [0.1, 0.15) is 0 Å². The molecule has 0 aromatic rings. The van der Waals surface area contributed by atoms with Crippen molar-refractivity contribution in [3.8, 4) is 0 Å². The molecule has 0 saturated heterocycles. The van der Waals surface area contributed by atoms with Crippen LogP contribution in [0.25, 0.3) is 0 Å². The highest BCUT2D eigenvalue weighted by Crippen LogP contribution is 2.10. The largest absolute Gasteiger partial charge is 0.457 e. The van der Waals surface area contributed by atoms with Gasteiger partial charge in [-0.2, -0.15) is 0 Å². The lowest BCUT2D eigenvalue weighted by Crippen LogP contribution is -2.28. The Morgan fingerprint density at radius 1 is 0.733 bits per heavy atom. The van der Waals surface area contributed by atoms with Crippen LogP contribution in [0.3, 0.4) is 0 Å². The molecule has 2 nitrogen and oxygen atoms in total. The molecule has 0 aliphatic heterocycles. The molecule has 0 saturated carbocycles. The fraction of sp³-hybridized carbons (Fsp3) is 1.00. The highest BCUT2D eigenvalue weighted by atomic mass is 16.6. The average Bonchev–Trinajstić information content (AvgIpc) is 2.08. The van der Waals surface area contributed by atoms with Gasteiger partial charge in [0.25, 0.3) is 0 Å². The summed E-state index contributed by atoms with van der Waals surface area (Å²) >= 11 is 0. The summed E-state index contributed by atoms with van der Waals surface area (Å²) in [5.74, 6) is 1.76. The second-order valence-corrected chi connectivity index (χ2v) is 5.51. The van der Waals surface area contributed by atoms with Gasteiger partial charge < -0.3 is 9.31 Å². The van der Waals surface area contributed by atoms with E-state index in [0.29, 0.717) is 17.8 Å². The van der Waals surface area contributed by atoms with Gasteiger partial charge in [-0.25, -0.2) is 0 Å². The van der Waals surface area contributed by atoms with E-state index in [2.05, 4.69) is 41.5 Å². The summed E-state index contributed by atoms with van der Waals surface area (Å²) in [5.41, 5.74) is 0. The fourth-order valence-corrected chi connectivity index (χ4v) is 1.17. The van der Waals surface area contributed by atoms with Crippen molar-refractivity contribution in [2.24, 2.45) is 17.8 Å². The Kier molecular flexibility index (Phi) is 8.17. The van der Waals surface area contributed by atoms with Crippen LogP contribution in [0, 0.1) is 17.8 Å². The fourth-order valence-electron chi connectivity index (χ4n) is 1.17. The Labute approximate surface area is 95.9 Å². The van der Waals surface area contributed by atoms with Gasteiger partial charge in [0, 0.05) is 13.2 Å². The number of hydrogen-bond donors (Lipinski definition) is 0. The maximum absolute atomic E-state index is 5.74. The first kappa shape index (κ1) is 15.0. The van der Waals surface area contributed by atoms with Crippen LogP contribution in [-0.4, -0.2) is 20.3 Å². The van der Waals surface area contributed by atoms with Gasteiger partial charge in [0.15, 0.2) is 0 Å². The van der Waals surface area contributed by atoms with Crippen molar-refractivity contribution in [1.29, 1.82) is 0 Å². The molecule has 0 aliphatic carbocycles. The standard InChI is InChI=1S/C12H27BO2/c1-10(2)7-13(14-8-11(3)4)15-9-12(5)6/h10-12H,7-9H2,1-6H3. The van der Waals surface area contributed by atoms with Gasteiger partial charge in [0.05, 0.1) is 0 Å². The summed E-state index contributed by atoms with van der Waals surface area (Å²) in [6, 6.07) is 0. The molecule has 0 bridgehead atoms. The van der Waals surface area contributed by atoms with Crippen molar-refractivity contribution in [2.75, 3.05) is 13.2 Å². The molecule has 0 rings (SSSR count). The molecule has 0 fully saturated rings. The first-order valence-corrected chi connectivity index (χ1v) is 6.15. The molecule has 0 heterocycles. The molecule has 0 spiro atoms. The van der Waals surface area contributed by atoms with Crippen LogP contribution in [0.4, 0.5) is 0 Å². The molecule has 0 aromatic carbocycles. The third kappa shape index (κ3) is 10.3. The van der Waals surface area contributed by atoms with E-state index in [4.69, 9.17) is 9.31 Å². The van der Waals surface area contributed by atoms with Crippen molar-refractivity contribution in [3.05, 3.63) is 0 Å². The minimum absolute atomic E-state index is 0.0187. The SMILES string of the molecule is CC(C)COB(CC(C)C)OCC(C)C. The highest BCUT2D eigenvalue weighted by Gasteiger charge is 2.20. The Morgan fingerprint density at radius 3 is 1.40 bits per heavy atom. The zero-order valence-electron chi connectivity index (χ0n) is 11.2. The maximum Gasteiger partial charge on any atom is 0.457 e. The number of hydrogen-bond acceptors (Lipinski definition) is 2. The summed E-state index contributed by atoms with van der Waals surface area (Å²) in [6.45, 7) is 14.6. The van der Waals surface area contributed by atoms with Crippen molar-refractivity contribution < 1.29 is 9.31 Å². The van der Waals surface area contributed by atoms with Crippen LogP contribution >= 0.6 is 0 Å². The monoisotopic (exact) mass is 214 g/mol. The van der Waals surface area contributed by atoms with Gasteiger partial charge in [-0.1, -0.05) is 41.5 Å². The van der Waals surface area contributed by atoms with Crippen molar-refractivity contribution in [3.63, 3.8) is 0 Å². The normalized spacial score (nSPS) is 11.8. The molecule has 0 amide bonds. The molecule has 90 valence electrons. The van der Waals surface area contributed by atoms with E-state index in [1.807, 2.05) is 0 Å². The lowest BCUT2D eigenvalue weighted by atomic mass is 9.78. The van der Waals surface area contributed by atoms with E-state index in [9.17, 15) is 0 Å². The van der Waals surface area contributed by atoms with Crippen LogP contribution in [0.2, 0.25) is 6.32 Å². The predicted octanol–water partition coefficient (Wildman–Crippen LogP) is 3.48. The Bertz CT molecular complexity index is 135. The van der Waals surface area contributed by atoms with Crippen molar-refractivity contribution in [1.82, 2.24) is 0 Å². The smallest absolute Gasteiger partial charge is 0.411 e. The van der Waals surface area contributed by atoms with Gasteiger partial charge in [-0.3, -0.25) is 0 Å². The average molecular weight is 214 g/mol. The minimum Gasteiger partial charge on any atom is -0.411 e. The molecule has 0 aliphatic rings. The van der Waals surface area contributed by atoms with Crippen LogP contribution in [0.5, 0.6) is 0 Å². The molecular formula is C12H27BO2. The molecule has 0 aromatic heterocycles. The topological polar surface area (TPSA) is 18.5 Å². The van der Waals surface area contributed by atoms with Gasteiger partial charge in [-0.05, 0) is 24.1 Å². The first-order valence-electron chi connectivity index (χ1n) is 6.15. The number of rotatable bonds is 8. The third-order valence-corrected chi connectivity index (χ3v) is 1.89. The molecular weight excluding hydrogens is 187 g/mol. The highest BCUT2D eigenvalue weighted by molar-refractivity contribution is 6.44. The molecule has 0 radical (unpaired) electrons. The summed E-state index contributed by atoms with van der Waals surface area (Å²) in [5, 5.41) is 0. The lowest BCUT2D eigenvalue weighted by Gasteiger charge is -2.18. The van der Waals surface area contributed by atoms with Crippen molar-refractivity contribution in [2.45, 2.75) is 47.9 Å². The van der Waals surface area contributed by atoms with Crippen molar-refractivity contribution >= 4 is 7.12 Å². The second-order valence-electron chi connectivity index (χ2n) is 5.51. The Morgan fingerprint density at radius 2 is 1.13 bits per heavy atom. The minimum atomic E-state index is -0.0187. The molecule has 0 N–H and O–H groups in total. The van der Waals surface area contributed by atoms with E-state index in [0.717, 1.165) is 19.5 Å². The zero-order valence-corrected chi connectivity index (χ0v) is 11.2. The van der Waals surface area contributed by atoms with E-state index in [1.165, 1.54) is 0 Å². The van der Waals surface area contributed by atoms with E-state index >= 15 is 0 Å². The quantitative estimate of drug-likeness (QED) is 0.576. The third-order valence-electron chi connectivity index (χ3n) is 1.89. The summed E-state index contributed by atoms with van der Waals surface area (Å²) in [4.78, 5) is 0. The van der Waals surface area contributed by atoms with E-state index < -0.39 is 0 Å². The lowest BCUT2D eigenvalue weighted by molar-refractivity contribution is 0.160. The molecule has 3 heteroatoms. The summed E-state index contributed by atoms with van der Waals surface area (Å²) in [6.07, 6.45) is 0.986. The molecule has 0 unspecified atom stereocenters. The molecule has 15 heavy (non-hydrogen) atoms.